The largest absolute Gasteiger partial charge is 0.375 e. The van der Waals surface area contributed by atoms with Gasteiger partial charge in [-0.3, -0.25) is 4.79 Å². The summed E-state index contributed by atoms with van der Waals surface area (Å²) in [5.74, 6) is -0.135. The van der Waals surface area contributed by atoms with Gasteiger partial charge in [-0.05, 0) is 27.7 Å². The van der Waals surface area contributed by atoms with E-state index in [0.29, 0.717) is 15.7 Å². The Labute approximate surface area is 119 Å². The molecule has 0 aliphatic carbocycles. The van der Waals surface area contributed by atoms with Crippen molar-refractivity contribution in [1.29, 1.82) is 0 Å². The van der Waals surface area contributed by atoms with Crippen molar-refractivity contribution >= 4 is 33.7 Å². The maximum atomic E-state index is 12.2. The van der Waals surface area contributed by atoms with Gasteiger partial charge in [0, 0.05) is 4.88 Å². The summed E-state index contributed by atoms with van der Waals surface area (Å²) in [6.07, 6.45) is 0. The maximum Gasteiger partial charge on any atom is 0.263 e. The van der Waals surface area contributed by atoms with Crippen LogP contribution in [-0.4, -0.2) is 15.9 Å². The second-order valence-corrected chi connectivity index (χ2v) is 6.61. The van der Waals surface area contributed by atoms with Crippen LogP contribution in [0.3, 0.4) is 0 Å². The number of carbonyl (C=O) groups is 1. The van der Waals surface area contributed by atoms with Crippen LogP contribution in [0.15, 0.2) is 0 Å². The Morgan fingerprint density at radius 1 is 1.21 bits per heavy atom. The molecule has 0 bridgehead atoms. The maximum absolute atomic E-state index is 12.2. The predicted molar refractivity (Wildman–Crippen MR) is 78.7 cm³/mol. The third kappa shape index (κ3) is 2.93. The lowest BCUT2D eigenvalue weighted by atomic mass is 10.2. The molecule has 2 aromatic heterocycles. The van der Waals surface area contributed by atoms with Crippen LogP contribution in [-0.2, 0) is 0 Å². The summed E-state index contributed by atoms with van der Waals surface area (Å²) in [6, 6.07) is -0.0681. The molecule has 0 saturated carbocycles. The fourth-order valence-electron chi connectivity index (χ4n) is 1.90. The first-order valence-electron chi connectivity index (χ1n) is 5.86. The highest BCUT2D eigenvalue weighted by Crippen LogP contribution is 2.26. The van der Waals surface area contributed by atoms with Crippen molar-refractivity contribution in [1.82, 2.24) is 15.3 Å². The minimum Gasteiger partial charge on any atom is -0.375 e. The number of nitrogens with two attached hydrogens (primary N) is 1. The van der Waals surface area contributed by atoms with E-state index in [1.807, 2.05) is 20.8 Å². The second-order valence-electron chi connectivity index (χ2n) is 4.34. The summed E-state index contributed by atoms with van der Waals surface area (Å²) < 4.78 is 0. The first-order chi connectivity index (χ1) is 8.88. The summed E-state index contributed by atoms with van der Waals surface area (Å²) >= 11 is 2.82. The predicted octanol–water partition coefficient (Wildman–Crippen LogP) is 2.60. The summed E-state index contributed by atoms with van der Waals surface area (Å²) in [6.45, 7) is 7.66. The minimum atomic E-state index is -0.135. The lowest BCUT2D eigenvalue weighted by Crippen LogP contribution is -2.26. The van der Waals surface area contributed by atoms with Crippen LogP contribution in [0.1, 0.15) is 43.9 Å². The standard InChI is InChI=1S/C12H16N4OS2/c1-5-9(18-8(4)14-5)6(2)15-11(17)10-7(3)16-12(13)19-10/h6H,1-4H3,(H2,13,16)(H,15,17). The van der Waals surface area contributed by atoms with Crippen molar-refractivity contribution in [2.75, 3.05) is 5.73 Å². The summed E-state index contributed by atoms with van der Waals surface area (Å²) in [7, 11) is 0. The number of nitrogen functional groups attached to an aromatic ring is 1. The summed E-state index contributed by atoms with van der Waals surface area (Å²) in [4.78, 5) is 22.3. The topological polar surface area (TPSA) is 80.9 Å². The van der Waals surface area contributed by atoms with Crippen molar-refractivity contribution in [2.45, 2.75) is 33.7 Å². The van der Waals surface area contributed by atoms with Crippen molar-refractivity contribution in [2.24, 2.45) is 0 Å². The number of carbonyl (C=O) groups excluding carboxylic acids is 1. The van der Waals surface area contributed by atoms with E-state index in [4.69, 9.17) is 5.73 Å². The summed E-state index contributed by atoms with van der Waals surface area (Å²) in [5, 5.41) is 4.39. The zero-order valence-corrected chi connectivity index (χ0v) is 12.9. The molecule has 3 N–H and O–H groups in total. The zero-order valence-electron chi connectivity index (χ0n) is 11.3. The average molecular weight is 296 g/mol. The van der Waals surface area contributed by atoms with E-state index in [2.05, 4.69) is 15.3 Å². The molecule has 0 aliphatic rings. The molecule has 1 amide bonds. The van der Waals surface area contributed by atoms with Gasteiger partial charge >= 0.3 is 0 Å². The van der Waals surface area contributed by atoms with E-state index in [1.54, 1.807) is 18.3 Å². The molecule has 0 aliphatic heterocycles. The molecule has 1 atom stereocenters. The fraction of sp³-hybridized carbons (Fsp3) is 0.417. The minimum absolute atomic E-state index is 0.0681. The van der Waals surface area contributed by atoms with Crippen LogP contribution in [0, 0.1) is 20.8 Å². The van der Waals surface area contributed by atoms with Gasteiger partial charge in [-0.1, -0.05) is 11.3 Å². The number of aromatic nitrogens is 2. The van der Waals surface area contributed by atoms with Crippen molar-refractivity contribution in [3.8, 4) is 0 Å². The Morgan fingerprint density at radius 3 is 2.37 bits per heavy atom. The molecule has 2 aromatic rings. The molecule has 0 saturated heterocycles. The van der Waals surface area contributed by atoms with Gasteiger partial charge in [0.1, 0.15) is 4.88 Å². The monoisotopic (exact) mass is 296 g/mol. The molecular weight excluding hydrogens is 280 g/mol. The molecular formula is C12H16N4OS2. The van der Waals surface area contributed by atoms with E-state index in [0.717, 1.165) is 15.6 Å². The zero-order chi connectivity index (χ0) is 14.2. The van der Waals surface area contributed by atoms with Gasteiger partial charge in [0.05, 0.1) is 22.4 Å². The lowest BCUT2D eigenvalue weighted by Gasteiger charge is -2.12. The Bertz CT molecular complexity index is 617. The van der Waals surface area contributed by atoms with Crippen LogP contribution in [0.4, 0.5) is 5.13 Å². The van der Waals surface area contributed by atoms with Gasteiger partial charge in [0.15, 0.2) is 5.13 Å². The van der Waals surface area contributed by atoms with Crippen molar-refractivity contribution < 1.29 is 4.79 Å². The normalized spacial score (nSPS) is 12.4. The van der Waals surface area contributed by atoms with E-state index in [9.17, 15) is 4.79 Å². The molecule has 19 heavy (non-hydrogen) atoms. The molecule has 2 heterocycles. The van der Waals surface area contributed by atoms with Gasteiger partial charge in [-0.25, -0.2) is 9.97 Å². The summed E-state index contributed by atoms with van der Waals surface area (Å²) in [5.41, 5.74) is 7.25. The Kier molecular flexibility index (Phi) is 3.86. The van der Waals surface area contributed by atoms with Crippen LogP contribution >= 0.6 is 22.7 Å². The number of anilines is 1. The number of thiazole rings is 2. The quantitative estimate of drug-likeness (QED) is 0.912. The fourth-order valence-corrected chi connectivity index (χ4v) is 3.57. The average Bonchev–Trinajstić information content (AvgIpc) is 2.81. The third-order valence-corrected chi connectivity index (χ3v) is 4.94. The van der Waals surface area contributed by atoms with Crippen LogP contribution in [0.5, 0.6) is 0 Å². The Balaban J connectivity index is 2.15. The lowest BCUT2D eigenvalue weighted by molar-refractivity contribution is 0.0943. The first kappa shape index (κ1) is 14.0. The first-order valence-corrected chi connectivity index (χ1v) is 7.49. The number of hydrogen-bond acceptors (Lipinski definition) is 6. The number of nitrogens with one attached hydrogen (secondary N) is 1. The van der Waals surface area contributed by atoms with Gasteiger partial charge in [-0.15, -0.1) is 11.3 Å². The molecule has 0 aromatic carbocycles. The number of amides is 1. The van der Waals surface area contributed by atoms with Gasteiger partial charge in [0.2, 0.25) is 0 Å². The van der Waals surface area contributed by atoms with Crippen LogP contribution < -0.4 is 11.1 Å². The van der Waals surface area contributed by atoms with Gasteiger partial charge in [0.25, 0.3) is 5.91 Å². The number of hydrogen-bond donors (Lipinski definition) is 2. The van der Waals surface area contributed by atoms with Gasteiger partial charge in [-0.2, -0.15) is 0 Å². The van der Waals surface area contributed by atoms with E-state index < -0.39 is 0 Å². The number of aryl methyl sites for hydroxylation is 3. The smallest absolute Gasteiger partial charge is 0.263 e. The van der Waals surface area contributed by atoms with E-state index in [1.165, 1.54) is 11.3 Å². The molecule has 0 fully saturated rings. The Morgan fingerprint density at radius 2 is 1.89 bits per heavy atom. The highest BCUT2D eigenvalue weighted by molar-refractivity contribution is 7.17. The van der Waals surface area contributed by atoms with E-state index >= 15 is 0 Å². The van der Waals surface area contributed by atoms with Crippen molar-refractivity contribution in [3.05, 3.63) is 26.1 Å². The third-order valence-electron chi connectivity index (χ3n) is 2.70. The van der Waals surface area contributed by atoms with Crippen LogP contribution in [0.2, 0.25) is 0 Å². The number of nitrogens with zero attached hydrogens (tertiary/aromatic N) is 2. The van der Waals surface area contributed by atoms with Gasteiger partial charge < -0.3 is 11.1 Å². The SMILES string of the molecule is Cc1nc(C)c(C(C)NC(=O)c2sc(N)nc2C)s1. The highest BCUT2D eigenvalue weighted by atomic mass is 32.1. The van der Waals surface area contributed by atoms with Crippen molar-refractivity contribution in [3.63, 3.8) is 0 Å². The highest BCUT2D eigenvalue weighted by Gasteiger charge is 2.19. The molecule has 1 unspecified atom stereocenters. The van der Waals surface area contributed by atoms with E-state index in [-0.39, 0.29) is 11.9 Å². The Hall–Kier alpha value is -1.47. The number of rotatable bonds is 3. The van der Waals surface area contributed by atoms with Crippen LogP contribution in [0.25, 0.3) is 0 Å². The second kappa shape index (κ2) is 5.26. The molecule has 102 valence electrons. The molecule has 2 rings (SSSR count). The molecule has 0 spiro atoms. The molecule has 0 radical (unpaired) electrons. The molecule has 7 heteroatoms. The molecule has 5 nitrogen and oxygen atoms in total.